The van der Waals surface area contributed by atoms with Crippen molar-refractivity contribution in [3.8, 4) is 0 Å². The Morgan fingerprint density at radius 2 is 1.85 bits per heavy atom. The Balaban J connectivity index is 2.82. The van der Waals surface area contributed by atoms with E-state index in [0.29, 0.717) is 6.42 Å². The lowest BCUT2D eigenvalue weighted by Gasteiger charge is -2.51. The average Bonchev–Trinajstić information content (AvgIpc) is 1.82. The molecule has 0 aliphatic heterocycles. The first-order valence-corrected chi connectivity index (χ1v) is 5.39. The number of carbonyl (C=O) groups is 1. The molecule has 1 atom stereocenters. The van der Waals surface area contributed by atoms with Crippen LogP contribution in [-0.2, 0) is 4.79 Å². The maximum absolute atomic E-state index is 11.3. The first-order chi connectivity index (χ1) is 5.58. The van der Waals surface area contributed by atoms with Gasteiger partial charge in [-0.15, -0.1) is 11.6 Å². The van der Waals surface area contributed by atoms with Crippen molar-refractivity contribution in [2.24, 2.45) is 5.41 Å². The predicted octanol–water partition coefficient (Wildman–Crippen LogP) is 3.72. The van der Waals surface area contributed by atoms with E-state index < -0.39 is 8.67 Å². The van der Waals surface area contributed by atoms with E-state index in [1.807, 2.05) is 13.8 Å². The van der Waals surface area contributed by atoms with Crippen LogP contribution in [0.3, 0.4) is 0 Å². The molecule has 0 saturated heterocycles. The van der Waals surface area contributed by atoms with Crippen LogP contribution in [0.15, 0.2) is 0 Å². The number of carbonyl (C=O) groups excluding carboxylic acids is 1. The monoisotopic (exact) mass is 262 g/mol. The third kappa shape index (κ3) is 2.09. The molecular formula is C8H10Cl4O. The van der Waals surface area contributed by atoms with Crippen molar-refractivity contribution in [3.05, 3.63) is 0 Å². The number of hydrogen-bond donors (Lipinski definition) is 0. The van der Waals surface area contributed by atoms with Gasteiger partial charge in [0.05, 0.1) is 0 Å². The second-order valence-electron chi connectivity index (χ2n) is 4.08. The molecule has 1 fully saturated rings. The Bertz CT molecular complexity index is 243. The molecule has 1 aliphatic carbocycles. The van der Waals surface area contributed by atoms with Crippen molar-refractivity contribution in [1.82, 2.24) is 0 Å². The molecule has 0 unspecified atom stereocenters. The molecule has 5 heteroatoms. The Kier molecular flexibility index (Phi) is 2.89. The highest BCUT2D eigenvalue weighted by Crippen LogP contribution is 2.56. The molecule has 0 radical (unpaired) electrons. The van der Waals surface area contributed by atoms with Crippen LogP contribution in [0.4, 0.5) is 0 Å². The van der Waals surface area contributed by atoms with Crippen molar-refractivity contribution >= 4 is 52.2 Å². The molecule has 1 saturated carbocycles. The molecule has 0 bridgehead atoms. The van der Waals surface area contributed by atoms with Crippen LogP contribution in [0, 0.1) is 5.41 Å². The third-order valence-electron chi connectivity index (χ3n) is 2.56. The normalized spacial score (nSPS) is 32.9. The van der Waals surface area contributed by atoms with Gasteiger partial charge in [-0.25, -0.2) is 0 Å². The highest BCUT2D eigenvalue weighted by atomic mass is 35.6. The van der Waals surface area contributed by atoms with Crippen LogP contribution in [0.5, 0.6) is 0 Å². The Morgan fingerprint density at radius 1 is 1.38 bits per heavy atom. The molecule has 0 amide bonds. The van der Waals surface area contributed by atoms with Gasteiger partial charge in [-0.3, -0.25) is 4.79 Å². The molecule has 0 aromatic heterocycles. The summed E-state index contributed by atoms with van der Waals surface area (Å²) in [6.45, 7) is 3.80. The maximum Gasteiger partial charge on any atom is 0.192 e. The second-order valence-corrected chi connectivity index (χ2v) is 7.24. The van der Waals surface area contributed by atoms with Crippen LogP contribution in [0.1, 0.15) is 26.7 Å². The molecule has 0 N–H and O–H groups in total. The van der Waals surface area contributed by atoms with Gasteiger partial charge in [0.25, 0.3) is 0 Å². The number of ketones is 1. The van der Waals surface area contributed by atoms with Gasteiger partial charge < -0.3 is 0 Å². The minimum Gasteiger partial charge on any atom is -0.298 e. The summed E-state index contributed by atoms with van der Waals surface area (Å²) in [6.07, 6.45) is 0.523. The van der Waals surface area contributed by atoms with Gasteiger partial charge in [-0.1, -0.05) is 48.7 Å². The summed E-state index contributed by atoms with van der Waals surface area (Å²) in [5.74, 6) is -0.0366. The summed E-state index contributed by atoms with van der Waals surface area (Å²) in [5, 5.41) is 0. The van der Waals surface area contributed by atoms with Crippen LogP contribution in [0.25, 0.3) is 0 Å². The van der Waals surface area contributed by atoms with E-state index in [1.165, 1.54) is 0 Å². The van der Waals surface area contributed by atoms with Crippen LogP contribution in [0.2, 0.25) is 0 Å². The average molecular weight is 264 g/mol. The molecule has 0 aromatic carbocycles. The van der Waals surface area contributed by atoms with Gasteiger partial charge in [0, 0.05) is 12.8 Å². The Labute approximate surface area is 97.7 Å². The second kappa shape index (κ2) is 3.16. The summed E-state index contributed by atoms with van der Waals surface area (Å²) in [5.41, 5.74) is -0.282. The van der Waals surface area contributed by atoms with Crippen molar-refractivity contribution in [1.29, 1.82) is 0 Å². The smallest absolute Gasteiger partial charge is 0.192 e. The summed E-state index contributed by atoms with van der Waals surface area (Å²) >= 11 is 23.0. The highest BCUT2D eigenvalue weighted by molar-refractivity contribution is 6.68. The zero-order chi connectivity index (χ0) is 10.5. The first kappa shape index (κ1) is 11.9. The number of alkyl halides is 4. The summed E-state index contributed by atoms with van der Waals surface area (Å²) in [7, 11) is 0. The Morgan fingerprint density at radius 3 is 2.00 bits per heavy atom. The van der Waals surface area contributed by atoms with E-state index in [2.05, 4.69) is 0 Å². The first-order valence-electron chi connectivity index (χ1n) is 3.87. The van der Waals surface area contributed by atoms with Gasteiger partial charge in [-0.05, 0) is 5.41 Å². The SMILES string of the molecule is CC1(C)CC(=O)[C@@]1(Cl)CC(Cl)(Cl)Cl. The van der Waals surface area contributed by atoms with Crippen LogP contribution >= 0.6 is 46.4 Å². The molecule has 76 valence electrons. The van der Waals surface area contributed by atoms with Crippen molar-refractivity contribution in [2.45, 2.75) is 35.4 Å². The predicted molar refractivity (Wildman–Crippen MR) is 56.9 cm³/mol. The largest absolute Gasteiger partial charge is 0.298 e. The van der Waals surface area contributed by atoms with E-state index in [4.69, 9.17) is 46.4 Å². The standard InChI is InChI=1S/C8H10Cl4O/c1-6(2)3-5(13)7(6,9)4-8(10,11)12/h3-4H2,1-2H3/t7-/m0/s1. The zero-order valence-electron chi connectivity index (χ0n) is 7.33. The summed E-state index contributed by atoms with van der Waals surface area (Å²) in [6, 6.07) is 0. The zero-order valence-corrected chi connectivity index (χ0v) is 10.4. The van der Waals surface area contributed by atoms with Gasteiger partial charge in [0.2, 0.25) is 0 Å². The van der Waals surface area contributed by atoms with E-state index in [1.54, 1.807) is 0 Å². The minimum absolute atomic E-state index is 0.0366. The molecule has 0 spiro atoms. The molecule has 0 heterocycles. The topological polar surface area (TPSA) is 17.1 Å². The van der Waals surface area contributed by atoms with Crippen molar-refractivity contribution in [2.75, 3.05) is 0 Å². The molecule has 1 nitrogen and oxygen atoms in total. The van der Waals surface area contributed by atoms with Gasteiger partial charge >= 0.3 is 0 Å². The minimum atomic E-state index is -1.46. The Hall–Kier alpha value is 0.830. The van der Waals surface area contributed by atoms with E-state index in [-0.39, 0.29) is 17.6 Å². The van der Waals surface area contributed by atoms with E-state index in [9.17, 15) is 4.79 Å². The number of hydrogen-bond acceptors (Lipinski definition) is 1. The number of rotatable bonds is 1. The van der Waals surface area contributed by atoms with Crippen LogP contribution < -0.4 is 0 Å². The fourth-order valence-corrected chi connectivity index (χ4v) is 2.71. The summed E-state index contributed by atoms with van der Waals surface area (Å²) in [4.78, 5) is 10.3. The lowest BCUT2D eigenvalue weighted by Crippen LogP contribution is -2.59. The molecule has 13 heavy (non-hydrogen) atoms. The van der Waals surface area contributed by atoms with Crippen LogP contribution in [-0.4, -0.2) is 14.4 Å². The van der Waals surface area contributed by atoms with E-state index >= 15 is 0 Å². The number of Topliss-reactive ketones (excluding diaryl/α,β-unsaturated/α-hetero) is 1. The quantitative estimate of drug-likeness (QED) is 0.659. The van der Waals surface area contributed by atoms with Crippen molar-refractivity contribution in [3.63, 3.8) is 0 Å². The third-order valence-corrected chi connectivity index (χ3v) is 3.82. The lowest BCUT2D eigenvalue weighted by molar-refractivity contribution is -0.137. The molecule has 1 rings (SSSR count). The van der Waals surface area contributed by atoms with Crippen molar-refractivity contribution < 1.29 is 4.79 Å². The highest BCUT2D eigenvalue weighted by Gasteiger charge is 2.61. The molecule has 0 aromatic rings. The van der Waals surface area contributed by atoms with Gasteiger partial charge in [-0.2, -0.15) is 0 Å². The lowest BCUT2D eigenvalue weighted by atomic mass is 9.59. The molecular weight excluding hydrogens is 254 g/mol. The fourth-order valence-electron chi connectivity index (χ4n) is 1.57. The maximum atomic E-state index is 11.3. The summed E-state index contributed by atoms with van der Waals surface area (Å²) < 4.78 is -1.46. The van der Waals surface area contributed by atoms with Gasteiger partial charge in [0.1, 0.15) is 4.87 Å². The van der Waals surface area contributed by atoms with E-state index in [0.717, 1.165) is 0 Å². The van der Waals surface area contributed by atoms with Gasteiger partial charge in [0.15, 0.2) is 9.58 Å². The fraction of sp³-hybridized carbons (Fsp3) is 0.875. The number of halogens is 4. The molecule has 1 aliphatic rings.